The van der Waals surface area contributed by atoms with Crippen LogP contribution in [0.2, 0.25) is 0 Å². The topological polar surface area (TPSA) is 61.8 Å². The minimum Gasteiger partial charge on any atom is -0.392 e. The quantitative estimate of drug-likeness (QED) is 0.792. The molecule has 1 saturated heterocycles. The molecule has 0 radical (unpaired) electrons. The summed E-state index contributed by atoms with van der Waals surface area (Å²) in [4.78, 5) is 14.7. The van der Waals surface area contributed by atoms with Crippen LogP contribution >= 0.6 is 0 Å². The largest absolute Gasteiger partial charge is 0.392 e. The Hall–Kier alpha value is -1.43. The third-order valence-corrected chi connectivity index (χ3v) is 4.84. The summed E-state index contributed by atoms with van der Waals surface area (Å²) in [7, 11) is 0. The summed E-state index contributed by atoms with van der Waals surface area (Å²) >= 11 is 0. The van der Waals surface area contributed by atoms with Gasteiger partial charge in [-0.2, -0.15) is 0 Å². The standard InChI is InChI=1S/C20H32N2O3/c1-15(2)18(23)20(3,4)14-21-19(24)17-13-22(10-11-25-17)12-16-8-6-5-7-9-16/h5-9,15,17-18,23H,10-14H2,1-4H3,(H,21,24). The van der Waals surface area contributed by atoms with Crippen molar-refractivity contribution in [1.82, 2.24) is 10.2 Å². The van der Waals surface area contributed by atoms with Crippen LogP contribution in [0.3, 0.4) is 0 Å². The molecule has 1 heterocycles. The van der Waals surface area contributed by atoms with Crippen molar-refractivity contribution in [2.75, 3.05) is 26.2 Å². The van der Waals surface area contributed by atoms with Gasteiger partial charge in [-0.1, -0.05) is 58.0 Å². The fourth-order valence-corrected chi connectivity index (χ4v) is 3.28. The van der Waals surface area contributed by atoms with E-state index in [1.807, 2.05) is 45.9 Å². The third-order valence-electron chi connectivity index (χ3n) is 4.84. The van der Waals surface area contributed by atoms with Crippen LogP contribution in [0, 0.1) is 11.3 Å². The summed E-state index contributed by atoms with van der Waals surface area (Å²) in [6, 6.07) is 10.3. The van der Waals surface area contributed by atoms with Crippen molar-refractivity contribution in [3.63, 3.8) is 0 Å². The maximum atomic E-state index is 12.5. The minimum absolute atomic E-state index is 0.0956. The van der Waals surface area contributed by atoms with Crippen molar-refractivity contribution in [3.8, 4) is 0 Å². The smallest absolute Gasteiger partial charge is 0.250 e. The Morgan fingerprint density at radius 2 is 2.04 bits per heavy atom. The number of hydrogen-bond donors (Lipinski definition) is 2. The van der Waals surface area contributed by atoms with E-state index in [0.29, 0.717) is 19.7 Å². The average Bonchev–Trinajstić information content (AvgIpc) is 2.60. The number of carbonyl (C=O) groups is 1. The fraction of sp³-hybridized carbons (Fsp3) is 0.650. The first kappa shape index (κ1) is 19.9. The molecule has 140 valence electrons. The van der Waals surface area contributed by atoms with Gasteiger partial charge in [0.05, 0.1) is 12.7 Å². The van der Waals surface area contributed by atoms with Gasteiger partial charge in [0, 0.05) is 31.6 Å². The Morgan fingerprint density at radius 3 is 2.68 bits per heavy atom. The molecule has 2 unspecified atom stereocenters. The Morgan fingerprint density at radius 1 is 1.36 bits per heavy atom. The van der Waals surface area contributed by atoms with E-state index in [0.717, 1.165) is 13.1 Å². The highest BCUT2D eigenvalue weighted by Crippen LogP contribution is 2.25. The van der Waals surface area contributed by atoms with E-state index in [2.05, 4.69) is 22.3 Å². The van der Waals surface area contributed by atoms with E-state index >= 15 is 0 Å². The molecular weight excluding hydrogens is 316 g/mol. The number of benzene rings is 1. The number of aliphatic hydroxyl groups is 1. The van der Waals surface area contributed by atoms with Crippen molar-refractivity contribution in [3.05, 3.63) is 35.9 Å². The molecule has 1 amide bonds. The second kappa shape index (κ2) is 8.79. The van der Waals surface area contributed by atoms with E-state index in [4.69, 9.17) is 4.74 Å². The van der Waals surface area contributed by atoms with E-state index in [1.165, 1.54) is 5.56 Å². The monoisotopic (exact) mass is 348 g/mol. The van der Waals surface area contributed by atoms with Crippen LogP contribution in [0.5, 0.6) is 0 Å². The van der Waals surface area contributed by atoms with Crippen LogP contribution in [0.4, 0.5) is 0 Å². The van der Waals surface area contributed by atoms with Crippen LogP contribution in [0.15, 0.2) is 30.3 Å². The molecule has 1 aliphatic rings. The Bertz CT molecular complexity index is 545. The predicted octanol–water partition coefficient (Wildman–Crippen LogP) is 2.05. The van der Waals surface area contributed by atoms with Crippen LogP contribution in [0.1, 0.15) is 33.3 Å². The third kappa shape index (κ3) is 5.80. The highest BCUT2D eigenvalue weighted by atomic mass is 16.5. The number of morpholine rings is 1. The summed E-state index contributed by atoms with van der Waals surface area (Å²) in [6.45, 7) is 11.2. The molecule has 0 aliphatic carbocycles. The number of nitrogens with one attached hydrogen (secondary N) is 1. The molecule has 1 aliphatic heterocycles. The molecule has 2 N–H and O–H groups in total. The SMILES string of the molecule is CC(C)C(O)C(C)(C)CNC(=O)C1CN(Cc2ccccc2)CCO1. The second-order valence-corrected chi connectivity index (χ2v) is 7.98. The average molecular weight is 348 g/mol. The van der Waals surface area contributed by atoms with Gasteiger partial charge >= 0.3 is 0 Å². The van der Waals surface area contributed by atoms with Gasteiger partial charge in [0.15, 0.2) is 0 Å². The van der Waals surface area contributed by atoms with Crippen molar-refractivity contribution in [2.24, 2.45) is 11.3 Å². The Labute approximate surface area is 151 Å². The molecule has 0 bridgehead atoms. The van der Waals surface area contributed by atoms with Crippen molar-refractivity contribution < 1.29 is 14.6 Å². The van der Waals surface area contributed by atoms with Gasteiger partial charge in [0.1, 0.15) is 6.10 Å². The molecule has 0 saturated carbocycles. The first-order valence-corrected chi connectivity index (χ1v) is 9.13. The van der Waals surface area contributed by atoms with Crippen molar-refractivity contribution in [1.29, 1.82) is 0 Å². The first-order chi connectivity index (χ1) is 11.8. The molecule has 0 spiro atoms. The summed E-state index contributed by atoms with van der Waals surface area (Å²) in [5, 5.41) is 13.3. The van der Waals surface area contributed by atoms with E-state index in [9.17, 15) is 9.90 Å². The zero-order chi connectivity index (χ0) is 18.4. The summed E-state index contributed by atoms with van der Waals surface area (Å²) < 4.78 is 5.66. The van der Waals surface area contributed by atoms with E-state index < -0.39 is 12.2 Å². The molecule has 5 heteroatoms. The fourth-order valence-electron chi connectivity index (χ4n) is 3.28. The van der Waals surface area contributed by atoms with Gasteiger partial charge in [-0.25, -0.2) is 0 Å². The van der Waals surface area contributed by atoms with Gasteiger partial charge < -0.3 is 15.2 Å². The zero-order valence-electron chi connectivity index (χ0n) is 15.9. The van der Waals surface area contributed by atoms with Crippen LogP contribution < -0.4 is 5.32 Å². The molecule has 1 aromatic carbocycles. The number of nitrogens with zero attached hydrogens (tertiary/aromatic N) is 1. The van der Waals surface area contributed by atoms with Gasteiger partial charge in [-0.3, -0.25) is 9.69 Å². The molecule has 1 fully saturated rings. The number of amides is 1. The number of rotatable bonds is 7. The molecule has 0 aromatic heterocycles. The summed E-state index contributed by atoms with van der Waals surface area (Å²) in [6.07, 6.45) is -0.917. The highest BCUT2D eigenvalue weighted by Gasteiger charge is 2.32. The first-order valence-electron chi connectivity index (χ1n) is 9.13. The Balaban J connectivity index is 1.85. The van der Waals surface area contributed by atoms with Crippen LogP contribution in [-0.2, 0) is 16.1 Å². The molecule has 25 heavy (non-hydrogen) atoms. The van der Waals surface area contributed by atoms with Gasteiger partial charge in [0.25, 0.3) is 0 Å². The van der Waals surface area contributed by atoms with E-state index in [-0.39, 0.29) is 17.2 Å². The molecule has 2 rings (SSSR count). The molecule has 5 nitrogen and oxygen atoms in total. The maximum Gasteiger partial charge on any atom is 0.250 e. The molecule has 2 atom stereocenters. The van der Waals surface area contributed by atoms with Gasteiger partial charge in [-0.05, 0) is 11.5 Å². The summed E-state index contributed by atoms with van der Waals surface area (Å²) in [5.74, 6) is 0.0565. The summed E-state index contributed by atoms with van der Waals surface area (Å²) in [5.41, 5.74) is 0.868. The lowest BCUT2D eigenvalue weighted by Crippen LogP contribution is -2.52. The number of hydrogen-bond acceptors (Lipinski definition) is 4. The second-order valence-electron chi connectivity index (χ2n) is 7.98. The van der Waals surface area contributed by atoms with E-state index in [1.54, 1.807) is 0 Å². The van der Waals surface area contributed by atoms with Crippen LogP contribution in [0.25, 0.3) is 0 Å². The van der Waals surface area contributed by atoms with Crippen LogP contribution in [-0.4, -0.2) is 54.4 Å². The van der Waals surface area contributed by atoms with Gasteiger partial charge in [-0.15, -0.1) is 0 Å². The lowest BCUT2D eigenvalue weighted by atomic mass is 9.80. The lowest BCUT2D eigenvalue weighted by molar-refractivity contribution is -0.139. The number of carbonyl (C=O) groups excluding carboxylic acids is 1. The normalized spacial score (nSPS) is 20.5. The van der Waals surface area contributed by atoms with Gasteiger partial charge in [0.2, 0.25) is 5.91 Å². The zero-order valence-corrected chi connectivity index (χ0v) is 15.9. The lowest BCUT2D eigenvalue weighted by Gasteiger charge is -2.35. The molecular formula is C20H32N2O3. The predicted molar refractivity (Wildman–Crippen MR) is 99.1 cm³/mol. The Kier molecular flexibility index (Phi) is 6.99. The number of ether oxygens (including phenoxy) is 1. The molecule has 1 aromatic rings. The number of aliphatic hydroxyl groups excluding tert-OH is 1. The minimum atomic E-state index is -0.463. The maximum absolute atomic E-state index is 12.5. The highest BCUT2D eigenvalue weighted by molar-refractivity contribution is 5.81. The van der Waals surface area contributed by atoms with Crippen molar-refractivity contribution in [2.45, 2.75) is 46.4 Å². The van der Waals surface area contributed by atoms with Crippen molar-refractivity contribution >= 4 is 5.91 Å².